The molecule has 2 fully saturated rings. The van der Waals surface area contributed by atoms with Gasteiger partial charge in [-0.1, -0.05) is 0 Å². The zero-order valence-electron chi connectivity index (χ0n) is 19.5. The van der Waals surface area contributed by atoms with Crippen LogP contribution in [0.3, 0.4) is 0 Å². The van der Waals surface area contributed by atoms with Crippen molar-refractivity contribution in [2.75, 3.05) is 44.7 Å². The first-order valence-electron chi connectivity index (χ1n) is 11.8. The highest BCUT2D eigenvalue weighted by Gasteiger charge is 2.40. The van der Waals surface area contributed by atoms with E-state index in [0.29, 0.717) is 36.8 Å². The number of fused-ring (bicyclic) bond motifs is 2. The molecule has 184 valence electrons. The van der Waals surface area contributed by atoms with Gasteiger partial charge in [-0.25, -0.2) is 4.98 Å². The first-order chi connectivity index (χ1) is 17.0. The molecule has 1 amide bonds. The van der Waals surface area contributed by atoms with Crippen LogP contribution in [0, 0.1) is 11.8 Å². The molecule has 1 aromatic heterocycles. The minimum Gasteiger partial charge on any atom is -0.492 e. The lowest BCUT2D eigenvalue weighted by atomic mass is 9.89. The Hall–Kier alpha value is -3.46. The molecule has 0 radical (unpaired) electrons. The maximum absolute atomic E-state index is 12.8. The number of rotatable bonds is 8. The topological polar surface area (TPSA) is 75.7 Å². The van der Waals surface area contributed by atoms with E-state index < -0.39 is 6.61 Å². The number of carbonyl (C=O) groups is 1. The molecule has 0 spiro atoms. The van der Waals surface area contributed by atoms with E-state index in [2.05, 4.69) is 20.3 Å². The molecule has 2 aromatic carbocycles. The molecule has 0 aliphatic carbocycles. The maximum atomic E-state index is 12.8. The van der Waals surface area contributed by atoms with Gasteiger partial charge in [0.15, 0.2) is 0 Å². The van der Waals surface area contributed by atoms with Crippen molar-refractivity contribution in [1.29, 1.82) is 0 Å². The van der Waals surface area contributed by atoms with Crippen molar-refractivity contribution in [1.82, 2.24) is 15.6 Å². The fourth-order valence-electron chi connectivity index (χ4n) is 4.94. The van der Waals surface area contributed by atoms with Crippen LogP contribution in [0.1, 0.15) is 6.42 Å². The van der Waals surface area contributed by atoms with Crippen molar-refractivity contribution in [3.8, 4) is 22.8 Å². The third-order valence-electron chi connectivity index (χ3n) is 6.69. The van der Waals surface area contributed by atoms with Gasteiger partial charge in [0.25, 0.3) is 0 Å². The molecular weight excluding hydrogens is 454 g/mol. The quantitative estimate of drug-likeness (QED) is 0.477. The number of alkyl halides is 2. The summed E-state index contributed by atoms with van der Waals surface area (Å²) in [4.78, 5) is 19.4. The largest absolute Gasteiger partial charge is 0.492 e. The summed E-state index contributed by atoms with van der Waals surface area (Å²) in [7, 11) is 1.87. The molecule has 2 N–H and O–H groups in total. The van der Waals surface area contributed by atoms with Crippen molar-refractivity contribution in [3.63, 3.8) is 0 Å². The molecule has 7 nitrogen and oxygen atoms in total. The molecule has 3 aromatic rings. The molecule has 2 atom stereocenters. The molecule has 9 heteroatoms. The molecule has 5 rings (SSSR count). The highest BCUT2D eigenvalue weighted by Crippen LogP contribution is 2.38. The van der Waals surface area contributed by atoms with Crippen LogP contribution in [-0.4, -0.2) is 57.3 Å². The fourth-order valence-corrected chi connectivity index (χ4v) is 4.94. The number of carbonyl (C=O) groups excluding carboxylic acids is 1. The number of nitrogens with one attached hydrogen (secondary N) is 2. The number of likely N-dealkylation sites (N-methyl/N-ethyl adjacent to an activating group) is 1. The highest BCUT2D eigenvalue weighted by atomic mass is 19.3. The third kappa shape index (κ3) is 5.00. The van der Waals surface area contributed by atoms with Gasteiger partial charge in [0, 0.05) is 48.9 Å². The van der Waals surface area contributed by atoms with Crippen LogP contribution in [0.25, 0.3) is 22.2 Å². The second-order valence-electron chi connectivity index (χ2n) is 8.91. The van der Waals surface area contributed by atoms with E-state index in [-0.39, 0.29) is 17.6 Å². The van der Waals surface area contributed by atoms with E-state index in [1.54, 1.807) is 12.1 Å². The minimum absolute atomic E-state index is 0.0501. The number of amides is 1. The van der Waals surface area contributed by atoms with Gasteiger partial charge < -0.3 is 25.0 Å². The average Bonchev–Trinajstić information content (AvgIpc) is 3.29. The van der Waals surface area contributed by atoms with Crippen molar-refractivity contribution in [2.24, 2.45) is 11.8 Å². The summed E-state index contributed by atoms with van der Waals surface area (Å²) in [6.45, 7) is 0.480. The monoisotopic (exact) mass is 482 g/mol. The number of piperidine rings is 1. The molecule has 2 saturated heterocycles. The van der Waals surface area contributed by atoms with Gasteiger partial charge in [0.05, 0.1) is 17.1 Å². The van der Waals surface area contributed by atoms with Gasteiger partial charge in [-0.15, -0.1) is 0 Å². The zero-order valence-corrected chi connectivity index (χ0v) is 19.5. The summed E-state index contributed by atoms with van der Waals surface area (Å²) in [5, 5.41) is 6.84. The van der Waals surface area contributed by atoms with Crippen LogP contribution >= 0.6 is 0 Å². The summed E-state index contributed by atoms with van der Waals surface area (Å²) in [6, 6.07) is 14.5. The summed E-state index contributed by atoms with van der Waals surface area (Å²) in [5.74, 6) is 1.17. The standard InChI is InChI=1S/C26H28F2N4O3/c1-29-10-11-34-18-4-2-16(3-5-18)22-13-24(32-14-17-8-9-30-25(33)21(17)15-32)20-7-6-19(35-26(27)28)12-23(20)31-22/h2-7,12-13,17,21,26,29H,8-11,14-15H2,1H3,(H,30,33). The molecule has 2 aliphatic rings. The van der Waals surface area contributed by atoms with E-state index in [1.807, 2.05) is 37.4 Å². The number of benzene rings is 2. The maximum Gasteiger partial charge on any atom is 0.387 e. The molecule has 2 unspecified atom stereocenters. The number of halogens is 2. The Morgan fingerprint density at radius 2 is 1.94 bits per heavy atom. The molecular formula is C26H28F2N4O3. The van der Waals surface area contributed by atoms with Crippen LogP contribution in [-0.2, 0) is 4.79 Å². The van der Waals surface area contributed by atoms with Gasteiger partial charge in [0.1, 0.15) is 18.1 Å². The molecule has 3 heterocycles. The van der Waals surface area contributed by atoms with Crippen LogP contribution in [0.2, 0.25) is 0 Å². The van der Waals surface area contributed by atoms with Crippen LogP contribution < -0.4 is 25.0 Å². The van der Waals surface area contributed by atoms with Gasteiger partial charge in [-0.05, 0) is 61.9 Å². The molecule has 35 heavy (non-hydrogen) atoms. The minimum atomic E-state index is -2.91. The normalized spacial score (nSPS) is 19.7. The Kier molecular flexibility index (Phi) is 6.68. The van der Waals surface area contributed by atoms with E-state index in [1.165, 1.54) is 6.07 Å². The van der Waals surface area contributed by atoms with Crippen LogP contribution in [0.5, 0.6) is 11.5 Å². The summed E-state index contributed by atoms with van der Waals surface area (Å²) >= 11 is 0. The zero-order chi connectivity index (χ0) is 24.4. The molecule has 0 saturated carbocycles. The second-order valence-corrected chi connectivity index (χ2v) is 8.91. The molecule has 0 bridgehead atoms. The van der Waals surface area contributed by atoms with Crippen molar-refractivity contribution < 1.29 is 23.0 Å². The third-order valence-corrected chi connectivity index (χ3v) is 6.69. The number of ether oxygens (including phenoxy) is 2. The Balaban J connectivity index is 1.52. The smallest absolute Gasteiger partial charge is 0.387 e. The second kappa shape index (κ2) is 10.0. The predicted octanol–water partition coefficient (Wildman–Crippen LogP) is 3.67. The van der Waals surface area contributed by atoms with Gasteiger partial charge in [-0.3, -0.25) is 4.79 Å². The van der Waals surface area contributed by atoms with Crippen molar-refractivity contribution in [3.05, 3.63) is 48.5 Å². The summed E-state index contributed by atoms with van der Waals surface area (Å²) in [5.41, 5.74) is 3.08. The number of hydrogen-bond donors (Lipinski definition) is 2. The van der Waals surface area contributed by atoms with E-state index >= 15 is 0 Å². The van der Waals surface area contributed by atoms with Gasteiger partial charge in [0.2, 0.25) is 5.91 Å². The summed E-state index contributed by atoms with van der Waals surface area (Å²) in [6.07, 6.45) is 0.949. The van der Waals surface area contributed by atoms with E-state index in [0.717, 1.165) is 41.9 Å². The van der Waals surface area contributed by atoms with Gasteiger partial charge >= 0.3 is 6.61 Å². The summed E-state index contributed by atoms with van der Waals surface area (Å²) < 4.78 is 36.0. The fraction of sp³-hybridized carbons (Fsp3) is 0.385. The SMILES string of the molecule is CNCCOc1ccc(-c2cc(N3CC4CCNC(=O)C4C3)c3ccc(OC(F)F)cc3n2)cc1. The Morgan fingerprint density at radius 1 is 1.14 bits per heavy atom. The number of aromatic nitrogens is 1. The Morgan fingerprint density at radius 3 is 2.69 bits per heavy atom. The lowest BCUT2D eigenvalue weighted by molar-refractivity contribution is -0.127. The predicted molar refractivity (Wildman–Crippen MR) is 130 cm³/mol. The Labute approximate surface area is 202 Å². The number of anilines is 1. The van der Waals surface area contributed by atoms with Crippen LogP contribution in [0.4, 0.5) is 14.5 Å². The average molecular weight is 483 g/mol. The Bertz CT molecular complexity index is 1210. The van der Waals surface area contributed by atoms with Gasteiger partial charge in [-0.2, -0.15) is 8.78 Å². The first kappa shape index (κ1) is 23.3. The first-order valence-corrected chi connectivity index (χ1v) is 11.8. The van der Waals surface area contributed by atoms with Crippen LogP contribution in [0.15, 0.2) is 48.5 Å². The van der Waals surface area contributed by atoms with E-state index in [9.17, 15) is 13.6 Å². The highest BCUT2D eigenvalue weighted by molar-refractivity contribution is 5.95. The molecule has 2 aliphatic heterocycles. The lowest BCUT2D eigenvalue weighted by Crippen LogP contribution is -2.41. The number of nitrogens with zero attached hydrogens (tertiary/aromatic N) is 2. The van der Waals surface area contributed by atoms with Crippen molar-refractivity contribution in [2.45, 2.75) is 13.0 Å². The number of hydrogen-bond acceptors (Lipinski definition) is 6. The van der Waals surface area contributed by atoms with E-state index in [4.69, 9.17) is 9.72 Å². The number of pyridine rings is 1. The van der Waals surface area contributed by atoms with Crippen molar-refractivity contribution >= 4 is 22.5 Å². The lowest BCUT2D eigenvalue weighted by Gasteiger charge is -2.23.